The van der Waals surface area contributed by atoms with Crippen LogP contribution in [0.2, 0.25) is 0 Å². The lowest BCUT2D eigenvalue weighted by Crippen LogP contribution is -2.55. The molecule has 1 atom stereocenters. The van der Waals surface area contributed by atoms with Crippen LogP contribution in [0, 0.1) is 5.92 Å². The van der Waals surface area contributed by atoms with E-state index in [2.05, 4.69) is 20.8 Å². The highest BCUT2D eigenvalue weighted by Crippen LogP contribution is 2.16. The second kappa shape index (κ2) is 7.33. The number of hydrogen-bond donors (Lipinski definition) is 2. The summed E-state index contributed by atoms with van der Waals surface area (Å²) < 4.78 is 1.50. The maximum atomic E-state index is 12.4. The second-order valence-electron chi connectivity index (χ2n) is 5.54. The molecule has 120 valence electrons. The van der Waals surface area contributed by atoms with Gasteiger partial charge in [0.1, 0.15) is 6.33 Å². The Balaban J connectivity index is 0.00000242. The van der Waals surface area contributed by atoms with E-state index in [0.717, 1.165) is 5.69 Å². The monoisotopic (exact) mass is 324 g/mol. The number of nitrogens with zero attached hydrogens (tertiary/aromatic N) is 4. The number of halogens is 1. The van der Waals surface area contributed by atoms with Crippen LogP contribution in [0.25, 0.3) is 5.69 Å². The molecule has 0 fully saturated rings. The largest absolute Gasteiger partial charge is 0.345 e. The molecule has 0 aliphatic carbocycles. The molecule has 0 aliphatic heterocycles. The van der Waals surface area contributed by atoms with Gasteiger partial charge in [0, 0.05) is 12.1 Å². The summed E-state index contributed by atoms with van der Waals surface area (Å²) in [4.78, 5) is 12.4. The Morgan fingerprint density at radius 2 is 2.18 bits per heavy atom. The number of aromatic nitrogens is 4. The van der Waals surface area contributed by atoms with Gasteiger partial charge in [0.25, 0.3) is 5.91 Å². The van der Waals surface area contributed by atoms with Gasteiger partial charge in [-0.1, -0.05) is 19.9 Å². The first kappa shape index (κ1) is 18.1. The average Bonchev–Trinajstić information content (AvgIpc) is 3.01. The van der Waals surface area contributed by atoms with Gasteiger partial charge < -0.3 is 11.1 Å². The molecule has 0 saturated carbocycles. The van der Waals surface area contributed by atoms with E-state index in [9.17, 15) is 4.79 Å². The van der Waals surface area contributed by atoms with Crippen molar-refractivity contribution in [2.24, 2.45) is 11.7 Å². The molecule has 0 aliphatic rings. The quantitative estimate of drug-likeness (QED) is 0.860. The summed E-state index contributed by atoms with van der Waals surface area (Å²) in [5, 5.41) is 14.0. The molecular formula is C14H21ClN6O. The molecule has 0 radical (unpaired) electrons. The van der Waals surface area contributed by atoms with E-state index in [1.54, 1.807) is 18.2 Å². The van der Waals surface area contributed by atoms with Crippen LogP contribution < -0.4 is 11.1 Å². The van der Waals surface area contributed by atoms with E-state index >= 15 is 0 Å². The van der Waals surface area contributed by atoms with Crippen molar-refractivity contribution < 1.29 is 4.79 Å². The zero-order chi connectivity index (χ0) is 15.5. The number of carbonyl (C=O) groups is 1. The Morgan fingerprint density at radius 1 is 1.45 bits per heavy atom. The molecule has 8 heteroatoms. The molecule has 1 unspecified atom stereocenters. The zero-order valence-electron chi connectivity index (χ0n) is 12.9. The Hall–Kier alpha value is -1.99. The smallest absolute Gasteiger partial charge is 0.251 e. The molecular weight excluding hydrogens is 304 g/mol. The lowest BCUT2D eigenvalue weighted by molar-refractivity contribution is 0.0883. The molecule has 3 N–H and O–H groups in total. The highest BCUT2D eigenvalue weighted by Gasteiger charge is 2.28. The molecule has 1 aromatic carbocycles. The molecule has 0 saturated heterocycles. The van der Waals surface area contributed by atoms with Gasteiger partial charge in [0.05, 0.1) is 11.2 Å². The lowest BCUT2D eigenvalue weighted by Gasteiger charge is -2.33. The van der Waals surface area contributed by atoms with Crippen LogP contribution >= 0.6 is 12.4 Å². The fourth-order valence-corrected chi connectivity index (χ4v) is 1.83. The third kappa shape index (κ3) is 3.80. The van der Waals surface area contributed by atoms with Crippen molar-refractivity contribution in [2.45, 2.75) is 26.3 Å². The summed E-state index contributed by atoms with van der Waals surface area (Å²) in [7, 11) is 0. The van der Waals surface area contributed by atoms with Crippen molar-refractivity contribution in [1.29, 1.82) is 0 Å². The number of amides is 1. The summed E-state index contributed by atoms with van der Waals surface area (Å²) >= 11 is 0. The second-order valence-corrected chi connectivity index (χ2v) is 5.54. The van der Waals surface area contributed by atoms with Crippen LogP contribution in [0.4, 0.5) is 0 Å². The topological polar surface area (TPSA) is 98.7 Å². The van der Waals surface area contributed by atoms with Gasteiger partial charge in [0.15, 0.2) is 0 Å². The van der Waals surface area contributed by atoms with Crippen LogP contribution in [0.5, 0.6) is 0 Å². The first-order valence-electron chi connectivity index (χ1n) is 6.82. The molecule has 0 bridgehead atoms. The molecule has 2 rings (SSSR count). The van der Waals surface area contributed by atoms with Crippen molar-refractivity contribution in [3.05, 3.63) is 36.2 Å². The predicted molar refractivity (Wildman–Crippen MR) is 86.2 cm³/mol. The van der Waals surface area contributed by atoms with Gasteiger partial charge in [0.2, 0.25) is 0 Å². The van der Waals surface area contributed by atoms with E-state index in [1.165, 1.54) is 11.0 Å². The van der Waals surface area contributed by atoms with Crippen molar-refractivity contribution in [2.75, 3.05) is 6.54 Å². The molecule has 1 amide bonds. The maximum absolute atomic E-state index is 12.4. The molecule has 7 nitrogen and oxygen atoms in total. The Kier molecular flexibility index (Phi) is 6.01. The van der Waals surface area contributed by atoms with E-state index in [4.69, 9.17) is 5.73 Å². The minimum atomic E-state index is -0.443. The number of rotatable bonds is 5. The minimum Gasteiger partial charge on any atom is -0.345 e. The Morgan fingerprint density at radius 3 is 2.73 bits per heavy atom. The fourth-order valence-electron chi connectivity index (χ4n) is 1.83. The fraction of sp³-hybridized carbons (Fsp3) is 0.429. The third-order valence-corrected chi connectivity index (χ3v) is 3.82. The van der Waals surface area contributed by atoms with E-state index < -0.39 is 5.54 Å². The van der Waals surface area contributed by atoms with Gasteiger partial charge in [-0.3, -0.25) is 4.79 Å². The zero-order valence-corrected chi connectivity index (χ0v) is 13.7. The normalized spacial score (nSPS) is 13.3. The van der Waals surface area contributed by atoms with Crippen LogP contribution in [0.15, 0.2) is 30.6 Å². The number of hydrogen-bond acceptors (Lipinski definition) is 5. The van der Waals surface area contributed by atoms with Gasteiger partial charge in [-0.05, 0) is 41.5 Å². The summed E-state index contributed by atoms with van der Waals surface area (Å²) in [5.41, 5.74) is 6.63. The van der Waals surface area contributed by atoms with Crippen molar-refractivity contribution in [1.82, 2.24) is 25.5 Å². The predicted octanol–water partition coefficient (Wildman–Crippen LogP) is 1.19. The molecule has 2 aromatic rings. The first-order chi connectivity index (χ1) is 9.96. The number of tetrazole rings is 1. The minimum absolute atomic E-state index is 0. The van der Waals surface area contributed by atoms with E-state index in [0.29, 0.717) is 12.1 Å². The summed E-state index contributed by atoms with van der Waals surface area (Å²) in [6.45, 7) is 6.39. The van der Waals surface area contributed by atoms with Crippen LogP contribution in [-0.4, -0.2) is 38.2 Å². The highest BCUT2D eigenvalue weighted by molar-refractivity contribution is 5.95. The summed E-state index contributed by atoms with van der Waals surface area (Å²) in [5.74, 6) is 0.0701. The third-order valence-electron chi connectivity index (χ3n) is 3.82. The van der Waals surface area contributed by atoms with Gasteiger partial charge in [-0.2, -0.15) is 0 Å². The van der Waals surface area contributed by atoms with Crippen LogP contribution in [0.3, 0.4) is 0 Å². The van der Waals surface area contributed by atoms with Crippen molar-refractivity contribution >= 4 is 18.3 Å². The number of nitrogens with one attached hydrogen (secondary N) is 1. The maximum Gasteiger partial charge on any atom is 0.251 e. The first-order valence-corrected chi connectivity index (χ1v) is 6.82. The number of carbonyl (C=O) groups excluding carboxylic acids is 1. The number of benzene rings is 1. The molecule has 1 heterocycles. The lowest BCUT2D eigenvalue weighted by atomic mass is 9.88. The van der Waals surface area contributed by atoms with Crippen molar-refractivity contribution in [3.63, 3.8) is 0 Å². The Bertz CT molecular complexity index is 616. The highest BCUT2D eigenvalue weighted by atomic mass is 35.5. The Labute approximate surface area is 135 Å². The SMILES string of the molecule is CC(C)C(C)(CN)NC(=O)c1cccc(-n2cnnn2)c1.Cl. The van der Waals surface area contributed by atoms with Gasteiger partial charge in [-0.25, -0.2) is 4.68 Å². The van der Waals surface area contributed by atoms with E-state index in [1.807, 2.05) is 26.8 Å². The summed E-state index contributed by atoms with van der Waals surface area (Å²) in [6.07, 6.45) is 1.48. The van der Waals surface area contributed by atoms with Crippen molar-refractivity contribution in [3.8, 4) is 5.69 Å². The molecule has 1 aromatic heterocycles. The van der Waals surface area contributed by atoms with Gasteiger partial charge in [-0.15, -0.1) is 17.5 Å². The van der Waals surface area contributed by atoms with E-state index in [-0.39, 0.29) is 24.2 Å². The molecule has 0 spiro atoms. The molecule has 22 heavy (non-hydrogen) atoms. The standard InChI is InChI=1S/C14H20N6O.ClH/c1-10(2)14(3,8-15)17-13(21)11-5-4-6-12(7-11)20-9-16-18-19-20;/h4-7,9-10H,8,15H2,1-3H3,(H,17,21);1H. The number of nitrogens with two attached hydrogens (primary N) is 1. The van der Waals surface area contributed by atoms with Crippen LogP contribution in [-0.2, 0) is 0 Å². The van der Waals surface area contributed by atoms with Crippen LogP contribution in [0.1, 0.15) is 31.1 Å². The average molecular weight is 325 g/mol. The van der Waals surface area contributed by atoms with Gasteiger partial charge >= 0.3 is 0 Å². The summed E-state index contributed by atoms with van der Waals surface area (Å²) in [6, 6.07) is 7.11.